The first-order valence-electron chi connectivity index (χ1n) is 4.03. The minimum atomic E-state index is 0.484. The molecule has 1 aliphatic heterocycles. The lowest BCUT2D eigenvalue weighted by Crippen LogP contribution is -2.25. The molecule has 0 bridgehead atoms. The maximum Gasteiger partial charge on any atom is 0.0624 e. The third kappa shape index (κ3) is 1.70. The van der Waals surface area contributed by atoms with Gasteiger partial charge in [0.05, 0.1) is 12.7 Å². The molecular formula is C8H17NO. The van der Waals surface area contributed by atoms with Gasteiger partial charge in [-0.3, -0.25) is 0 Å². The van der Waals surface area contributed by atoms with Gasteiger partial charge in [-0.05, 0) is 19.4 Å². The maximum absolute atomic E-state index is 5.56. The van der Waals surface area contributed by atoms with Gasteiger partial charge in [-0.25, -0.2) is 0 Å². The van der Waals surface area contributed by atoms with Crippen molar-refractivity contribution in [3.63, 3.8) is 0 Å². The molecular weight excluding hydrogens is 126 g/mol. The van der Waals surface area contributed by atoms with Crippen LogP contribution in [-0.4, -0.2) is 25.8 Å². The Kier molecular flexibility index (Phi) is 2.69. The molecule has 0 aromatic rings. The minimum absolute atomic E-state index is 0.484. The summed E-state index contributed by atoms with van der Waals surface area (Å²) in [5, 5.41) is 3.22. The third-order valence-electron chi connectivity index (χ3n) is 2.18. The zero-order chi connectivity index (χ0) is 7.56. The van der Waals surface area contributed by atoms with Crippen molar-refractivity contribution in [1.82, 2.24) is 5.32 Å². The SMILES string of the molecule is CN[C@@H]1CO[C@@H](C(C)C)C1. The molecule has 10 heavy (non-hydrogen) atoms. The number of likely N-dealkylation sites (N-methyl/N-ethyl adjacent to an activating group) is 1. The van der Waals surface area contributed by atoms with E-state index in [1.54, 1.807) is 0 Å². The molecule has 0 aromatic carbocycles. The Hall–Kier alpha value is -0.0800. The second-order valence-corrected chi connectivity index (χ2v) is 3.34. The molecule has 2 atom stereocenters. The lowest BCUT2D eigenvalue weighted by molar-refractivity contribution is 0.0744. The Bertz CT molecular complexity index is 103. The second-order valence-electron chi connectivity index (χ2n) is 3.34. The van der Waals surface area contributed by atoms with E-state index in [0.717, 1.165) is 6.61 Å². The molecule has 1 aliphatic rings. The number of nitrogens with one attached hydrogen (secondary N) is 1. The summed E-state index contributed by atoms with van der Waals surface area (Å²) in [4.78, 5) is 0. The average molecular weight is 143 g/mol. The highest BCUT2D eigenvalue weighted by atomic mass is 16.5. The highest BCUT2D eigenvalue weighted by Crippen LogP contribution is 2.19. The Balaban J connectivity index is 2.28. The second kappa shape index (κ2) is 3.35. The van der Waals surface area contributed by atoms with Crippen molar-refractivity contribution in [1.29, 1.82) is 0 Å². The highest BCUT2D eigenvalue weighted by Gasteiger charge is 2.25. The Morgan fingerprint density at radius 3 is 2.50 bits per heavy atom. The first-order valence-corrected chi connectivity index (χ1v) is 4.03. The fourth-order valence-electron chi connectivity index (χ4n) is 1.32. The first-order chi connectivity index (χ1) is 4.74. The molecule has 0 unspecified atom stereocenters. The van der Waals surface area contributed by atoms with Gasteiger partial charge in [0, 0.05) is 6.04 Å². The lowest BCUT2D eigenvalue weighted by atomic mass is 10.0. The lowest BCUT2D eigenvalue weighted by Gasteiger charge is -2.12. The normalized spacial score (nSPS) is 33.6. The van der Waals surface area contributed by atoms with Crippen molar-refractivity contribution in [3.05, 3.63) is 0 Å². The van der Waals surface area contributed by atoms with Gasteiger partial charge in [0.25, 0.3) is 0 Å². The Morgan fingerprint density at radius 1 is 1.50 bits per heavy atom. The zero-order valence-electron chi connectivity index (χ0n) is 7.05. The van der Waals surface area contributed by atoms with Gasteiger partial charge in [-0.1, -0.05) is 13.8 Å². The van der Waals surface area contributed by atoms with Crippen LogP contribution in [0.3, 0.4) is 0 Å². The predicted molar refractivity (Wildman–Crippen MR) is 42.0 cm³/mol. The van der Waals surface area contributed by atoms with E-state index in [1.165, 1.54) is 6.42 Å². The van der Waals surface area contributed by atoms with Crippen molar-refractivity contribution >= 4 is 0 Å². The molecule has 1 saturated heterocycles. The molecule has 0 spiro atoms. The average Bonchev–Trinajstić information content (AvgIpc) is 2.34. The van der Waals surface area contributed by atoms with Crippen LogP contribution in [0.2, 0.25) is 0 Å². The summed E-state index contributed by atoms with van der Waals surface area (Å²) in [6.07, 6.45) is 1.66. The number of hydrogen-bond acceptors (Lipinski definition) is 2. The molecule has 1 rings (SSSR count). The minimum Gasteiger partial charge on any atom is -0.376 e. The summed E-state index contributed by atoms with van der Waals surface area (Å²) >= 11 is 0. The van der Waals surface area contributed by atoms with E-state index in [4.69, 9.17) is 4.74 Å². The van der Waals surface area contributed by atoms with Crippen LogP contribution in [-0.2, 0) is 4.74 Å². The van der Waals surface area contributed by atoms with Crippen molar-refractivity contribution in [2.24, 2.45) is 5.92 Å². The maximum atomic E-state index is 5.56. The standard InChI is InChI=1S/C8H17NO/c1-6(2)8-4-7(9-3)5-10-8/h6-9H,4-5H2,1-3H3/t7-,8+/m0/s1. The smallest absolute Gasteiger partial charge is 0.0624 e. The summed E-state index contributed by atoms with van der Waals surface area (Å²) in [5.41, 5.74) is 0. The van der Waals surface area contributed by atoms with Crippen LogP contribution in [0.1, 0.15) is 20.3 Å². The van der Waals surface area contributed by atoms with E-state index < -0.39 is 0 Å². The van der Waals surface area contributed by atoms with Gasteiger partial charge in [0.1, 0.15) is 0 Å². The Labute approximate surface area is 63.0 Å². The molecule has 1 N–H and O–H groups in total. The van der Waals surface area contributed by atoms with Crippen molar-refractivity contribution in [3.8, 4) is 0 Å². The van der Waals surface area contributed by atoms with Gasteiger partial charge in [-0.15, -0.1) is 0 Å². The largest absolute Gasteiger partial charge is 0.376 e. The van der Waals surface area contributed by atoms with E-state index in [0.29, 0.717) is 18.1 Å². The molecule has 1 heterocycles. The van der Waals surface area contributed by atoms with Gasteiger partial charge >= 0.3 is 0 Å². The van der Waals surface area contributed by atoms with Crippen LogP contribution in [0.4, 0.5) is 0 Å². The summed E-state index contributed by atoms with van der Waals surface area (Å²) in [7, 11) is 2.00. The molecule has 2 heteroatoms. The van der Waals surface area contributed by atoms with E-state index in [-0.39, 0.29) is 0 Å². The molecule has 0 aliphatic carbocycles. The number of hydrogen-bond donors (Lipinski definition) is 1. The van der Waals surface area contributed by atoms with Gasteiger partial charge < -0.3 is 10.1 Å². The molecule has 0 radical (unpaired) electrons. The molecule has 1 fully saturated rings. The Morgan fingerprint density at radius 2 is 2.20 bits per heavy atom. The molecule has 0 saturated carbocycles. The van der Waals surface area contributed by atoms with E-state index >= 15 is 0 Å². The third-order valence-corrected chi connectivity index (χ3v) is 2.18. The number of ether oxygens (including phenoxy) is 1. The van der Waals surface area contributed by atoms with Gasteiger partial charge in [-0.2, -0.15) is 0 Å². The summed E-state index contributed by atoms with van der Waals surface area (Å²) in [6.45, 7) is 5.31. The van der Waals surface area contributed by atoms with Crippen LogP contribution in [0.5, 0.6) is 0 Å². The molecule has 2 nitrogen and oxygen atoms in total. The monoisotopic (exact) mass is 143 g/mol. The van der Waals surface area contributed by atoms with E-state index in [1.807, 2.05) is 7.05 Å². The van der Waals surface area contributed by atoms with Crippen LogP contribution in [0.25, 0.3) is 0 Å². The molecule has 0 amide bonds. The van der Waals surface area contributed by atoms with Crippen LogP contribution in [0, 0.1) is 5.92 Å². The van der Waals surface area contributed by atoms with Crippen LogP contribution >= 0.6 is 0 Å². The van der Waals surface area contributed by atoms with Crippen molar-refractivity contribution in [2.45, 2.75) is 32.4 Å². The summed E-state index contributed by atoms with van der Waals surface area (Å²) in [6, 6.07) is 0.590. The molecule has 0 aromatic heterocycles. The zero-order valence-corrected chi connectivity index (χ0v) is 7.05. The molecule has 60 valence electrons. The summed E-state index contributed by atoms with van der Waals surface area (Å²) < 4.78 is 5.56. The van der Waals surface area contributed by atoms with Gasteiger partial charge in [0.15, 0.2) is 0 Å². The fourth-order valence-corrected chi connectivity index (χ4v) is 1.32. The van der Waals surface area contributed by atoms with E-state index in [9.17, 15) is 0 Å². The predicted octanol–water partition coefficient (Wildman–Crippen LogP) is 1.02. The van der Waals surface area contributed by atoms with Gasteiger partial charge in [0.2, 0.25) is 0 Å². The summed E-state index contributed by atoms with van der Waals surface area (Å²) in [5.74, 6) is 0.665. The highest BCUT2D eigenvalue weighted by molar-refractivity contribution is 4.79. The van der Waals surface area contributed by atoms with E-state index in [2.05, 4.69) is 19.2 Å². The fraction of sp³-hybridized carbons (Fsp3) is 1.00. The van der Waals surface area contributed by atoms with Crippen LogP contribution in [0.15, 0.2) is 0 Å². The van der Waals surface area contributed by atoms with Crippen molar-refractivity contribution in [2.75, 3.05) is 13.7 Å². The van der Waals surface area contributed by atoms with Crippen LogP contribution < -0.4 is 5.32 Å². The quantitative estimate of drug-likeness (QED) is 0.623. The number of rotatable bonds is 2. The first kappa shape index (κ1) is 8.02. The topological polar surface area (TPSA) is 21.3 Å². The van der Waals surface area contributed by atoms with Crippen molar-refractivity contribution < 1.29 is 4.74 Å².